The average molecular weight is 986 g/mol. The van der Waals surface area contributed by atoms with Crippen molar-refractivity contribution in [2.45, 2.75) is 271 Å². The minimum absolute atomic E-state index is 0.0994. The first kappa shape index (κ1) is 67.1. The molecule has 0 aliphatic carbocycles. The monoisotopic (exact) mass is 985 g/mol. The van der Waals surface area contributed by atoms with E-state index < -0.39 is 6.10 Å². The van der Waals surface area contributed by atoms with Crippen LogP contribution in [0.15, 0.2) is 109 Å². The summed E-state index contributed by atoms with van der Waals surface area (Å²) < 4.78 is 16.8. The Morgan fingerprint density at radius 2 is 0.563 bits per heavy atom. The van der Waals surface area contributed by atoms with Crippen LogP contribution >= 0.6 is 0 Å². The smallest absolute Gasteiger partial charge is 0.306 e. The maximum atomic E-state index is 12.8. The first-order valence-electron chi connectivity index (χ1n) is 29.4. The number of carbonyl (C=O) groups is 3. The number of carbonyl (C=O) groups excluding carboxylic acids is 3. The maximum Gasteiger partial charge on any atom is 0.306 e. The molecule has 0 saturated heterocycles. The zero-order valence-corrected chi connectivity index (χ0v) is 46.2. The van der Waals surface area contributed by atoms with E-state index in [-0.39, 0.29) is 37.5 Å². The first-order valence-corrected chi connectivity index (χ1v) is 29.4. The number of allylic oxidation sites excluding steroid dienone is 18. The molecule has 0 radical (unpaired) electrons. The summed E-state index contributed by atoms with van der Waals surface area (Å²) in [6.07, 6.45) is 79.6. The lowest BCUT2D eigenvalue weighted by atomic mass is 10.0. The van der Waals surface area contributed by atoms with Gasteiger partial charge in [0.25, 0.3) is 0 Å². The van der Waals surface area contributed by atoms with Crippen LogP contribution in [0.2, 0.25) is 0 Å². The van der Waals surface area contributed by atoms with E-state index in [1.807, 2.05) is 0 Å². The second-order valence-corrected chi connectivity index (χ2v) is 19.1. The van der Waals surface area contributed by atoms with Gasteiger partial charge in [0.2, 0.25) is 0 Å². The number of esters is 3. The quantitative estimate of drug-likeness (QED) is 0.0261. The van der Waals surface area contributed by atoms with Gasteiger partial charge in [-0.05, 0) is 96.3 Å². The van der Waals surface area contributed by atoms with Crippen LogP contribution in [0.5, 0.6) is 0 Å². The van der Waals surface area contributed by atoms with Crippen LogP contribution in [-0.4, -0.2) is 37.2 Å². The topological polar surface area (TPSA) is 78.9 Å². The second kappa shape index (κ2) is 58.6. The second-order valence-electron chi connectivity index (χ2n) is 19.1. The molecule has 0 amide bonds. The Morgan fingerprint density at radius 3 is 0.901 bits per heavy atom. The Balaban J connectivity index is 4.26. The molecule has 0 aromatic rings. The van der Waals surface area contributed by atoms with Crippen LogP contribution in [0.3, 0.4) is 0 Å². The summed E-state index contributed by atoms with van der Waals surface area (Å²) in [6, 6.07) is 0. The first-order chi connectivity index (χ1) is 35.0. The van der Waals surface area contributed by atoms with E-state index in [2.05, 4.69) is 130 Å². The van der Waals surface area contributed by atoms with Gasteiger partial charge in [-0.1, -0.05) is 259 Å². The van der Waals surface area contributed by atoms with Gasteiger partial charge in [0.15, 0.2) is 6.10 Å². The SMILES string of the molecule is CC/C=C\C/C=C\C/C=C\C/C=C\C/C=C\CCCC(=O)OC(COC(=O)CCCCCCCCCCC)COC(=O)CCCCCCCCCCCCCCCC/C=C\C/C=C\C/C=C\C/C=C\CC. The Morgan fingerprint density at radius 1 is 0.296 bits per heavy atom. The van der Waals surface area contributed by atoms with E-state index in [0.717, 1.165) is 103 Å². The van der Waals surface area contributed by atoms with Crippen molar-refractivity contribution in [1.82, 2.24) is 0 Å². The number of rotatable bonds is 52. The van der Waals surface area contributed by atoms with Gasteiger partial charge < -0.3 is 14.2 Å². The predicted octanol–water partition coefficient (Wildman–Crippen LogP) is 19.9. The van der Waals surface area contributed by atoms with Gasteiger partial charge in [-0.25, -0.2) is 0 Å². The summed E-state index contributed by atoms with van der Waals surface area (Å²) in [5, 5.41) is 0. The highest BCUT2D eigenvalue weighted by molar-refractivity contribution is 5.71. The lowest BCUT2D eigenvalue weighted by molar-refractivity contribution is -0.167. The third-order valence-corrected chi connectivity index (χ3v) is 12.3. The molecule has 0 aromatic carbocycles. The van der Waals surface area contributed by atoms with Gasteiger partial charge in [0.1, 0.15) is 13.2 Å². The molecular formula is C65H108O6. The highest BCUT2D eigenvalue weighted by Gasteiger charge is 2.19. The molecule has 0 N–H and O–H groups in total. The van der Waals surface area contributed by atoms with Crippen molar-refractivity contribution in [1.29, 1.82) is 0 Å². The van der Waals surface area contributed by atoms with Crippen molar-refractivity contribution in [3.63, 3.8) is 0 Å². The molecule has 404 valence electrons. The van der Waals surface area contributed by atoms with E-state index in [4.69, 9.17) is 14.2 Å². The number of hydrogen-bond acceptors (Lipinski definition) is 6. The van der Waals surface area contributed by atoms with Gasteiger partial charge in [-0.15, -0.1) is 0 Å². The lowest BCUT2D eigenvalue weighted by Gasteiger charge is -2.18. The van der Waals surface area contributed by atoms with Crippen LogP contribution in [0.1, 0.15) is 265 Å². The Labute approximate surface area is 438 Å². The molecular weight excluding hydrogens is 877 g/mol. The summed E-state index contributed by atoms with van der Waals surface area (Å²) in [6.45, 7) is 6.35. The van der Waals surface area contributed by atoms with Crippen molar-refractivity contribution < 1.29 is 28.6 Å². The van der Waals surface area contributed by atoms with E-state index in [1.165, 1.54) is 116 Å². The van der Waals surface area contributed by atoms with Crippen LogP contribution in [-0.2, 0) is 28.6 Å². The molecule has 1 atom stereocenters. The summed E-state index contributed by atoms with van der Waals surface area (Å²) in [5.74, 6) is -0.960. The molecule has 6 heteroatoms. The summed E-state index contributed by atoms with van der Waals surface area (Å²) in [7, 11) is 0. The third-order valence-electron chi connectivity index (χ3n) is 12.3. The van der Waals surface area contributed by atoms with Gasteiger partial charge >= 0.3 is 17.9 Å². The normalized spacial score (nSPS) is 12.9. The Kier molecular flexibility index (Phi) is 55.4. The molecule has 0 rings (SSSR count). The molecule has 0 aliphatic heterocycles. The maximum absolute atomic E-state index is 12.8. The average Bonchev–Trinajstić information content (AvgIpc) is 3.37. The molecule has 0 bridgehead atoms. The van der Waals surface area contributed by atoms with E-state index in [0.29, 0.717) is 19.3 Å². The van der Waals surface area contributed by atoms with E-state index in [9.17, 15) is 14.4 Å². The largest absolute Gasteiger partial charge is 0.462 e. The third kappa shape index (κ3) is 56.9. The van der Waals surface area contributed by atoms with E-state index in [1.54, 1.807) is 0 Å². The van der Waals surface area contributed by atoms with Crippen LogP contribution in [0.25, 0.3) is 0 Å². The molecule has 1 unspecified atom stereocenters. The van der Waals surface area contributed by atoms with Crippen molar-refractivity contribution in [3.05, 3.63) is 109 Å². The minimum atomic E-state index is -0.806. The molecule has 0 aromatic heterocycles. The van der Waals surface area contributed by atoms with Gasteiger partial charge in [-0.2, -0.15) is 0 Å². The Bertz CT molecular complexity index is 1460. The van der Waals surface area contributed by atoms with Crippen LogP contribution in [0.4, 0.5) is 0 Å². The zero-order valence-electron chi connectivity index (χ0n) is 46.2. The predicted molar refractivity (Wildman–Crippen MR) is 307 cm³/mol. The Hall–Kier alpha value is -3.93. The van der Waals surface area contributed by atoms with Crippen molar-refractivity contribution in [2.75, 3.05) is 13.2 Å². The highest BCUT2D eigenvalue weighted by atomic mass is 16.6. The van der Waals surface area contributed by atoms with Crippen LogP contribution < -0.4 is 0 Å². The molecule has 0 spiro atoms. The molecule has 71 heavy (non-hydrogen) atoms. The standard InChI is InChI=1S/C65H108O6/c1-4-7-10-13-16-19-21-23-25-27-28-29-30-31-32-33-34-35-36-38-39-41-43-46-49-52-55-58-64(67)70-61-62(60-69-63(66)57-54-51-48-45-18-15-12-9-6-3)71-65(68)59-56-53-50-47-44-42-40-37-26-24-22-20-17-14-11-8-5-2/h7-8,10-11,16-17,19-20,23-26,28-29,40,42,47,50,62H,4-6,9,12-15,18,21-22,27,30-39,41,43-46,48-49,51-61H2,1-3H3/b10-7-,11-8-,19-16-,20-17-,25-23-,26-24-,29-28-,42-40-,50-47-. The van der Waals surface area contributed by atoms with Crippen molar-refractivity contribution in [2.24, 2.45) is 0 Å². The fraction of sp³-hybridized carbons (Fsp3) is 0.677. The van der Waals surface area contributed by atoms with Crippen LogP contribution in [0, 0.1) is 0 Å². The zero-order chi connectivity index (χ0) is 51.4. The lowest BCUT2D eigenvalue weighted by Crippen LogP contribution is -2.30. The highest BCUT2D eigenvalue weighted by Crippen LogP contribution is 2.15. The summed E-state index contributed by atoms with van der Waals surface area (Å²) in [5.41, 5.74) is 0. The molecule has 0 heterocycles. The fourth-order valence-electron chi connectivity index (χ4n) is 7.94. The van der Waals surface area contributed by atoms with Crippen molar-refractivity contribution >= 4 is 17.9 Å². The van der Waals surface area contributed by atoms with Crippen molar-refractivity contribution in [3.8, 4) is 0 Å². The number of unbranched alkanes of at least 4 members (excludes halogenated alkanes) is 23. The van der Waals surface area contributed by atoms with Gasteiger partial charge in [0.05, 0.1) is 0 Å². The minimum Gasteiger partial charge on any atom is -0.462 e. The summed E-state index contributed by atoms with van der Waals surface area (Å²) >= 11 is 0. The molecule has 0 saturated carbocycles. The molecule has 0 fully saturated rings. The van der Waals surface area contributed by atoms with E-state index >= 15 is 0 Å². The molecule has 6 nitrogen and oxygen atoms in total. The van der Waals surface area contributed by atoms with Gasteiger partial charge in [-0.3, -0.25) is 14.4 Å². The fourth-order valence-corrected chi connectivity index (χ4v) is 7.94. The molecule has 0 aliphatic rings. The van der Waals surface area contributed by atoms with Gasteiger partial charge in [0, 0.05) is 19.3 Å². The summed E-state index contributed by atoms with van der Waals surface area (Å²) in [4.78, 5) is 38.0. The number of ether oxygens (including phenoxy) is 3. The number of hydrogen-bond donors (Lipinski definition) is 0.